The van der Waals surface area contributed by atoms with Gasteiger partial charge >= 0.3 is 11.9 Å². The van der Waals surface area contributed by atoms with Crippen molar-refractivity contribution in [2.75, 3.05) is 13.2 Å². The molecule has 0 amide bonds. The molecule has 0 radical (unpaired) electrons. The van der Waals surface area contributed by atoms with E-state index in [1.807, 2.05) is 0 Å². The molecule has 5 nitrogen and oxygen atoms in total. The first kappa shape index (κ1) is 89.9. The third-order valence-electron chi connectivity index (χ3n) is 19.6. The van der Waals surface area contributed by atoms with Crippen molar-refractivity contribution in [2.45, 2.75) is 482 Å². The van der Waals surface area contributed by atoms with Gasteiger partial charge in [0, 0.05) is 12.8 Å². The largest absolute Gasteiger partial charge is 0.462 e. The molecule has 92 heavy (non-hydrogen) atoms. The van der Waals surface area contributed by atoms with Crippen LogP contribution >= 0.6 is 0 Å². The first-order valence-corrected chi connectivity index (χ1v) is 42.2. The molecule has 542 valence electrons. The summed E-state index contributed by atoms with van der Waals surface area (Å²) in [6.07, 6.45) is 114. The highest BCUT2D eigenvalue weighted by Crippen LogP contribution is 2.21. The summed E-state index contributed by atoms with van der Waals surface area (Å²) < 4.78 is 10.8. The molecule has 0 aliphatic carbocycles. The predicted molar refractivity (Wildman–Crippen MR) is 408 cm³/mol. The van der Waals surface area contributed by atoms with Crippen LogP contribution in [0.3, 0.4) is 0 Å². The van der Waals surface area contributed by atoms with Gasteiger partial charge in [-0.3, -0.25) is 9.59 Å². The fourth-order valence-electron chi connectivity index (χ4n) is 13.4. The average Bonchev–Trinajstić information content (AvgIpc) is 3.64. The zero-order chi connectivity index (χ0) is 66.1. The summed E-state index contributed by atoms with van der Waals surface area (Å²) in [4.78, 5) is 24.7. The molecule has 0 bridgehead atoms. The van der Waals surface area contributed by atoms with E-state index in [-0.39, 0.29) is 25.2 Å². The van der Waals surface area contributed by atoms with Gasteiger partial charge in [0.25, 0.3) is 0 Å². The molecule has 1 unspecified atom stereocenters. The minimum atomic E-state index is -0.770. The molecule has 0 heterocycles. The second kappa shape index (κ2) is 83.1. The van der Waals surface area contributed by atoms with Gasteiger partial charge in [0.1, 0.15) is 6.61 Å². The Bertz CT molecular complexity index is 1510. The minimum Gasteiger partial charge on any atom is -0.462 e. The van der Waals surface area contributed by atoms with Crippen LogP contribution in [0.1, 0.15) is 476 Å². The van der Waals surface area contributed by atoms with E-state index < -0.39 is 6.10 Å². The molecule has 0 saturated carbocycles. The predicted octanol–water partition coefficient (Wildman–Crippen LogP) is 29.8. The molecule has 1 atom stereocenters. The Balaban J connectivity index is 3.34. The lowest BCUT2D eigenvalue weighted by Gasteiger charge is -2.15. The maximum absolute atomic E-state index is 12.4. The molecule has 0 aromatic rings. The lowest BCUT2D eigenvalue weighted by atomic mass is 10.0. The van der Waals surface area contributed by atoms with Crippen LogP contribution in [0.15, 0.2) is 48.6 Å². The van der Waals surface area contributed by atoms with E-state index in [0.29, 0.717) is 12.8 Å². The molecular weight excluding hydrogens is 1120 g/mol. The summed E-state index contributed by atoms with van der Waals surface area (Å²) in [5, 5.41) is 9.74. The quantitative estimate of drug-likeness (QED) is 0.0373. The first-order valence-electron chi connectivity index (χ1n) is 42.2. The minimum absolute atomic E-state index is 0.0576. The first-order chi connectivity index (χ1) is 45.6. The van der Waals surface area contributed by atoms with Crippen LogP contribution in [0.25, 0.3) is 0 Å². The van der Waals surface area contributed by atoms with Gasteiger partial charge < -0.3 is 14.6 Å². The standard InChI is InChI=1S/C87H164O5/c1-3-5-7-9-11-13-15-17-19-21-23-25-27-29-31-33-35-37-39-41-42-43-44-46-48-50-52-54-56-58-60-62-64-66-68-70-72-74-76-78-80-82-87(90)92-85(83-88)84-91-86(89)81-79-77-75-73-71-69-67-65-63-61-59-57-55-53-51-49-47-45-40-38-36-34-32-30-28-26-24-22-20-18-16-14-12-10-8-6-4-2/h5,7,11,13,17,19,23,25,85,88H,3-4,6,8-10,12,14-16,18,20-22,24,26-84H2,1-2H3/b7-5-,13-11-,19-17-,25-23-. The average molecular weight is 1290 g/mol. The Labute approximate surface area is 577 Å². The normalized spacial score (nSPS) is 12.3. The maximum atomic E-state index is 12.4. The van der Waals surface area contributed by atoms with Gasteiger partial charge in [-0.25, -0.2) is 0 Å². The summed E-state index contributed by atoms with van der Waals surface area (Å²) in [6, 6.07) is 0. The van der Waals surface area contributed by atoms with E-state index in [0.717, 1.165) is 57.8 Å². The van der Waals surface area contributed by atoms with Crippen molar-refractivity contribution in [1.29, 1.82) is 0 Å². The van der Waals surface area contributed by atoms with Crippen molar-refractivity contribution in [1.82, 2.24) is 0 Å². The highest BCUT2D eigenvalue weighted by atomic mass is 16.6. The third kappa shape index (κ3) is 80.3. The SMILES string of the molecule is CC/C=C\C/C=C\C/C=C\C/C=C\CCCCCCCCCCCCCCCCCCCCCCCCCCCCCCC(=O)OC(CO)COC(=O)CCCCCCCCCCCCCCCCCCCCCCCCCCCCCCCCCCCCCCC. The van der Waals surface area contributed by atoms with Crippen LogP contribution in [-0.4, -0.2) is 36.4 Å². The van der Waals surface area contributed by atoms with Gasteiger partial charge in [-0.2, -0.15) is 0 Å². The summed E-state index contributed by atoms with van der Waals surface area (Å²) in [5.74, 6) is -0.559. The Hall–Kier alpha value is -2.14. The number of hydrogen-bond donors (Lipinski definition) is 1. The molecule has 0 saturated heterocycles. The van der Waals surface area contributed by atoms with E-state index in [4.69, 9.17) is 9.47 Å². The summed E-state index contributed by atoms with van der Waals surface area (Å²) >= 11 is 0. The fourth-order valence-corrected chi connectivity index (χ4v) is 13.4. The monoisotopic (exact) mass is 1290 g/mol. The van der Waals surface area contributed by atoms with E-state index in [9.17, 15) is 14.7 Å². The van der Waals surface area contributed by atoms with Gasteiger partial charge in [0.05, 0.1) is 6.61 Å². The highest BCUT2D eigenvalue weighted by Gasteiger charge is 2.16. The lowest BCUT2D eigenvalue weighted by Crippen LogP contribution is -2.28. The van der Waals surface area contributed by atoms with Crippen LogP contribution in [0.4, 0.5) is 0 Å². The Morgan fingerprint density at radius 3 is 0.707 bits per heavy atom. The van der Waals surface area contributed by atoms with Gasteiger partial charge in [-0.05, 0) is 51.4 Å². The molecule has 0 aromatic heterocycles. The maximum Gasteiger partial charge on any atom is 0.306 e. The number of esters is 2. The second-order valence-electron chi connectivity index (χ2n) is 28.9. The van der Waals surface area contributed by atoms with Crippen molar-refractivity contribution in [3.63, 3.8) is 0 Å². The lowest BCUT2D eigenvalue weighted by molar-refractivity contribution is -0.161. The Morgan fingerprint density at radius 1 is 0.261 bits per heavy atom. The third-order valence-corrected chi connectivity index (χ3v) is 19.6. The Morgan fingerprint density at radius 2 is 0.467 bits per heavy atom. The molecule has 0 aromatic carbocycles. The number of aliphatic hydroxyl groups is 1. The molecule has 1 N–H and O–H groups in total. The molecular formula is C87H164O5. The van der Waals surface area contributed by atoms with Crippen molar-refractivity contribution >= 4 is 11.9 Å². The van der Waals surface area contributed by atoms with E-state index in [1.165, 1.54) is 392 Å². The van der Waals surface area contributed by atoms with Crippen LogP contribution < -0.4 is 0 Å². The summed E-state index contributed by atoms with van der Waals surface area (Å²) in [7, 11) is 0. The zero-order valence-corrected chi connectivity index (χ0v) is 62.6. The molecule has 5 heteroatoms. The topological polar surface area (TPSA) is 72.8 Å². The zero-order valence-electron chi connectivity index (χ0n) is 62.6. The second-order valence-corrected chi connectivity index (χ2v) is 28.9. The molecule has 0 spiro atoms. The van der Waals surface area contributed by atoms with Gasteiger partial charge in [0.2, 0.25) is 0 Å². The Kier molecular flexibility index (Phi) is 81.2. The van der Waals surface area contributed by atoms with E-state index >= 15 is 0 Å². The van der Waals surface area contributed by atoms with Gasteiger partial charge in [-0.1, -0.05) is 461 Å². The van der Waals surface area contributed by atoms with Crippen LogP contribution in [0, 0.1) is 0 Å². The van der Waals surface area contributed by atoms with Gasteiger partial charge in [-0.15, -0.1) is 0 Å². The summed E-state index contributed by atoms with van der Waals surface area (Å²) in [5.41, 5.74) is 0. The van der Waals surface area contributed by atoms with Crippen molar-refractivity contribution < 1.29 is 24.2 Å². The number of unbranched alkanes of at least 4 members (excludes halogenated alkanes) is 64. The summed E-state index contributed by atoms with van der Waals surface area (Å²) in [6.45, 7) is 4.11. The number of aliphatic hydroxyl groups excluding tert-OH is 1. The van der Waals surface area contributed by atoms with E-state index in [2.05, 4.69) is 62.5 Å². The van der Waals surface area contributed by atoms with Crippen molar-refractivity contribution in [3.8, 4) is 0 Å². The van der Waals surface area contributed by atoms with Crippen molar-refractivity contribution in [2.24, 2.45) is 0 Å². The molecule has 0 fully saturated rings. The highest BCUT2D eigenvalue weighted by molar-refractivity contribution is 5.70. The van der Waals surface area contributed by atoms with E-state index in [1.54, 1.807) is 0 Å². The number of rotatable bonds is 80. The van der Waals surface area contributed by atoms with Crippen LogP contribution in [0.2, 0.25) is 0 Å². The smallest absolute Gasteiger partial charge is 0.306 e. The van der Waals surface area contributed by atoms with Crippen LogP contribution in [-0.2, 0) is 19.1 Å². The van der Waals surface area contributed by atoms with Gasteiger partial charge in [0.15, 0.2) is 6.10 Å². The van der Waals surface area contributed by atoms with Crippen molar-refractivity contribution in [3.05, 3.63) is 48.6 Å². The fraction of sp³-hybridized carbons (Fsp3) is 0.885. The number of hydrogen-bond acceptors (Lipinski definition) is 5. The molecule has 0 aliphatic rings. The number of allylic oxidation sites excluding steroid dienone is 8. The molecule has 0 aliphatic heterocycles. The molecule has 0 rings (SSSR count). The number of carbonyl (C=O) groups excluding carboxylic acids is 2. The number of ether oxygens (including phenoxy) is 2. The number of carbonyl (C=O) groups is 2. The van der Waals surface area contributed by atoms with Crippen LogP contribution in [0.5, 0.6) is 0 Å².